The predicted octanol–water partition coefficient (Wildman–Crippen LogP) is 1.30. The van der Waals surface area contributed by atoms with Gasteiger partial charge in [0.1, 0.15) is 11.4 Å². The maximum Gasteiger partial charge on any atom is 0.245 e. The number of sulfonamides is 2. The lowest BCUT2D eigenvalue weighted by Crippen LogP contribution is -2.35. The quantitative estimate of drug-likeness (QED) is 0.817. The monoisotopic (exact) mass is 319 g/mol. The van der Waals surface area contributed by atoms with Gasteiger partial charge in [-0.05, 0) is 36.5 Å². The summed E-state index contributed by atoms with van der Waals surface area (Å²) in [7, 11) is -6.56. The molecule has 0 aliphatic heterocycles. The number of benzene rings is 1. The van der Waals surface area contributed by atoms with Crippen LogP contribution < -0.4 is 8.45 Å². The van der Waals surface area contributed by atoms with E-state index in [9.17, 15) is 16.8 Å². The van der Waals surface area contributed by atoms with E-state index in [0.29, 0.717) is 9.63 Å². The van der Waals surface area contributed by atoms with E-state index in [1.54, 1.807) is 12.1 Å². The Bertz CT molecular complexity index is 688. The number of hydrogen-bond donors (Lipinski definition) is 0. The van der Waals surface area contributed by atoms with Gasteiger partial charge in [0, 0.05) is 0 Å². The summed E-state index contributed by atoms with van der Waals surface area (Å²) >= 11 is 0. The van der Waals surface area contributed by atoms with E-state index in [-0.39, 0.29) is 11.4 Å². The molecule has 0 saturated heterocycles. The van der Waals surface area contributed by atoms with Crippen LogP contribution in [0, 0.1) is 0 Å². The van der Waals surface area contributed by atoms with Crippen molar-refractivity contribution in [2.75, 3.05) is 23.3 Å². The summed E-state index contributed by atoms with van der Waals surface area (Å²) in [6.07, 6.45) is 3.78. The van der Waals surface area contributed by atoms with Crippen molar-refractivity contribution < 1.29 is 21.6 Å². The summed E-state index contributed by atoms with van der Waals surface area (Å²) < 4.78 is 52.9. The molecule has 0 N–H and O–H groups in total. The highest BCUT2D eigenvalue weighted by molar-refractivity contribution is 8.09. The average Bonchev–Trinajstić information content (AvgIpc) is 3.08. The van der Waals surface area contributed by atoms with E-state index < -0.39 is 20.0 Å². The van der Waals surface area contributed by atoms with Crippen molar-refractivity contribution in [2.45, 2.75) is 18.8 Å². The van der Waals surface area contributed by atoms with Crippen molar-refractivity contribution in [1.29, 1.82) is 0 Å². The molecule has 1 fully saturated rings. The second-order valence-corrected chi connectivity index (χ2v) is 8.82. The molecule has 6 nitrogen and oxygen atoms in total. The first-order valence-corrected chi connectivity index (χ1v) is 9.72. The van der Waals surface area contributed by atoms with Crippen LogP contribution in [0.4, 0.5) is 5.69 Å². The largest absolute Gasteiger partial charge is 0.495 e. The van der Waals surface area contributed by atoms with Crippen molar-refractivity contribution in [3.8, 4) is 5.75 Å². The van der Waals surface area contributed by atoms with Crippen LogP contribution in [0.15, 0.2) is 18.2 Å². The second kappa shape index (κ2) is 4.92. The van der Waals surface area contributed by atoms with E-state index in [2.05, 4.69) is 0 Å². The van der Waals surface area contributed by atoms with Crippen LogP contribution >= 0.6 is 0 Å². The zero-order valence-corrected chi connectivity index (χ0v) is 13.2. The van der Waals surface area contributed by atoms with Gasteiger partial charge in [-0.3, -0.25) is 0 Å². The smallest absolute Gasteiger partial charge is 0.245 e. The van der Waals surface area contributed by atoms with Crippen LogP contribution in [0.5, 0.6) is 5.75 Å². The van der Waals surface area contributed by atoms with E-state index in [0.717, 1.165) is 30.9 Å². The third-order valence-corrected chi connectivity index (χ3v) is 6.27. The Morgan fingerprint density at radius 1 is 1.10 bits per heavy atom. The molecule has 0 amide bonds. The predicted molar refractivity (Wildman–Crippen MR) is 77.1 cm³/mol. The number of methoxy groups -OCH3 is 1. The van der Waals surface area contributed by atoms with Crippen molar-refractivity contribution in [2.24, 2.45) is 0 Å². The fraction of sp³-hybridized carbons (Fsp3) is 0.500. The molecule has 0 unspecified atom stereocenters. The highest BCUT2D eigenvalue weighted by Crippen LogP contribution is 2.43. The van der Waals surface area contributed by atoms with Gasteiger partial charge in [0.25, 0.3) is 0 Å². The number of ether oxygens (including phenoxy) is 1. The normalized spacial score (nSPS) is 15.9. The third kappa shape index (κ3) is 3.06. The molecule has 1 aliphatic carbocycles. The standard InChI is InChI=1S/C12H17NO5S2/c1-18-12-7-6-10(9-4-5-9)8-11(12)13(19(2,14)15)20(3,16)17/h6-9H,4-5H2,1-3H3. The molecule has 0 aromatic heterocycles. The number of hydrogen-bond acceptors (Lipinski definition) is 5. The van der Waals surface area contributed by atoms with Crippen molar-refractivity contribution in [3.63, 3.8) is 0 Å². The Labute approximate surface area is 119 Å². The van der Waals surface area contributed by atoms with E-state index in [1.807, 2.05) is 6.07 Å². The van der Waals surface area contributed by atoms with Crippen LogP contribution in [-0.2, 0) is 20.0 Å². The molecule has 2 rings (SSSR count). The van der Waals surface area contributed by atoms with Gasteiger partial charge in [-0.1, -0.05) is 6.07 Å². The minimum Gasteiger partial charge on any atom is -0.495 e. The van der Waals surface area contributed by atoms with Crippen LogP contribution in [0.3, 0.4) is 0 Å². The van der Waals surface area contributed by atoms with Crippen LogP contribution in [0.25, 0.3) is 0 Å². The van der Waals surface area contributed by atoms with Crippen molar-refractivity contribution in [1.82, 2.24) is 0 Å². The molecular formula is C12H17NO5S2. The molecule has 20 heavy (non-hydrogen) atoms. The lowest BCUT2D eigenvalue weighted by molar-refractivity contribution is 0.416. The first-order chi connectivity index (χ1) is 9.14. The molecule has 0 spiro atoms. The average molecular weight is 319 g/mol. The van der Waals surface area contributed by atoms with Gasteiger partial charge in [-0.15, -0.1) is 0 Å². The third-order valence-electron chi connectivity index (χ3n) is 3.05. The maximum absolute atomic E-state index is 11.8. The maximum atomic E-state index is 11.8. The van der Waals surface area contributed by atoms with E-state index in [4.69, 9.17) is 4.74 Å². The molecule has 0 radical (unpaired) electrons. The summed E-state index contributed by atoms with van der Waals surface area (Å²) in [5.41, 5.74) is 0.972. The highest BCUT2D eigenvalue weighted by Gasteiger charge is 2.32. The lowest BCUT2D eigenvalue weighted by atomic mass is 10.1. The summed E-state index contributed by atoms with van der Waals surface area (Å²) in [6.45, 7) is 0. The van der Waals surface area contributed by atoms with Crippen LogP contribution in [0.1, 0.15) is 24.3 Å². The summed E-state index contributed by atoms with van der Waals surface area (Å²) in [4.78, 5) is 0. The minimum atomic E-state index is -3.96. The molecule has 112 valence electrons. The first kappa shape index (κ1) is 15.1. The van der Waals surface area contributed by atoms with Gasteiger partial charge < -0.3 is 4.74 Å². The molecule has 0 atom stereocenters. The Kier molecular flexibility index (Phi) is 3.72. The Hall–Kier alpha value is -1.28. The fourth-order valence-corrected chi connectivity index (χ4v) is 5.09. The Morgan fingerprint density at radius 3 is 2.05 bits per heavy atom. The zero-order chi connectivity index (χ0) is 15.1. The van der Waals surface area contributed by atoms with Gasteiger partial charge in [0.2, 0.25) is 20.0 Å². The van der Waals surface area contributed by atoms with Gasteiger partial charge in [0.15, 0.2) is 0 Å². The molecule has 1 aromatic carbocycles. The van der Waals surface area contributed by atoms with Gasteiger partial charge in [0.05, 0.1) is 19.6 Å². The number of nitrogens with zero attached hydrogens (tertiary/aromatic N) is 1. The first-order valence-electron chi connectivity index (χ1n) is 6.03. The van der Waals surface area contributed by atoms with Crippen molar-refractivity contribution >= 4 is 25.7 Å². The van der Waals surface area contributed by atoms with Gasteiger partial charge in [-0.2, -0.15) is 3.71 Å². The summed E-state index contributed by atoms with van der Waals surface area (Å²) in [5, 5.41) is 0. The zero-order valence-electron chi connectivity index (χ0n) is 11.5. The molecule has 0 bridgehead atoms. The minimum absolute atomic E-state index is 0.0434. The van der Waals surface area contributed by atoms with E-state index in [1.165, 1.54) is 7.11 Å². The molecule has 0 heterocycles. The second-order valence-electron chi connectivity index (χ2n) is 4.93. The molecule has 1 aliphatic rings. The number of anilines is 1. The Morgan fingerprint density at radius 2 is 1.65 bits per heavy atom. The highest BCUT2D eigenvalue weighted by atomic mass is 32.3. The molecule has 1 aromatic rings. The number of rotatable bonds is 5. The fourth-order valence-electron chi connectivity index (χ4n) is 2.12. The van der Waals surface area contributed by atoms with Crippen LogP contribution in [0.2, 0.25) is 0 Å². The van der Waals surface area contributed by atoms with Crippen molar-refractivity contribution in [3.05, 3.63) is 23.8 Å². The Balaban J connectivity index is 2.65. The molecule has 1 saturated carbocycles. The SMILES string of the molecule is COc1ccc(C2CC2)cc1N(S(C)(=O)=O)S(C)(=O)=O. The topological polar surface area (TPSA) is 80.8 Å². The van der Waals surface area contributed by atoms with Gasteiger partial charge in [-0.25, -0.2) is 16.8 Å². The van der Waals surface area contributed by atoms with Gasteiger partial charge >= 0.3 is 0 Å². The van der Waals surface area contributed by atoms with E-state index >= 15 is 0 Å². The lowest BCUT2D eigenvalue weighted by Gasteiger charge is -2.22. The molecular weight excluding hydrogens is 302 g/mol. The van der Waals surface area contributed by atoms with Crippen LogP contribution in [-0.4, -0.2) is 36.5 Å². The summed E-state index contributed by atoms with van der Waals surface area (Å²) in [6, 6.07) is 5.02. The summed E-state index contributed by atoms with van der Waals surface area (Å²) in [5.74, 6) is 0.589. The molecule has 8 heteroatoms.